The van der Waals surface area contributed by atoms with Gasteiger partial charge in [-0.15, -0.1) is 0 Å². The summed E-state index contributed by atoms with van der Waals surface area (Å²) in [5.74, 6) is 0.265. The van der Waals surface area contributed by atoms with Crippen LogP contribution < -0.4 is 5.32 Å². The van der Waals surface area contributed by atoms with Crippen molar-refractivity contribution in [3.05, 3.63) is 0 Å². The maximum Gasteiger partial charge on any atom is 0.326 e. The number of ether oxygens (including phenoxy) is 2. The number of rotatable bonds is 6. The highest BCUT2D eigenvalue weighted by molar-refractivity contribution is 5.81. The van der Waals surface area contributed by atoms with Gasteiger partial charge >= 0.3 is 5.97 Å². The van der Waals surface area contributed by atoms with Crippen LogP contribution in [0.25, 0.3) is 0 Å². The van der Waals surface area contributed by atoms with Crippen molar-refractivity contribution in [2.75, 3.05) is 27.4 Å². The minimum Gasteiger partial charge on any atom is -0.468 e. The van der Waals surface area contributed by atoms with Gasteiger partial charge in [-0.05, 0) is 18.8 Å². The van der Waals surface area contributed by atoms with Gasteiger partial charge < -0.3 is 9.47 Å². The first-order valence-corrected chi connectivity index (χ1v) is 6.53. The van der Waals surface area contributed by atoms with Gasteiger partial charge in [-0.25, -0.2) is 0 Å². The van der Waals surface area contributed by atoms with Crippen LogP contribution in [-0.4, -0.2) is 38.9 Å². The fourth-order valence-electron chi connectivity index (χ4n) is 2.93. The summed E-state index contributed by atoms with van der Waals surface area (Å²) in [5, 5.41) is 3.39. The number of hydrogen-bond donors (Lipinski definition) is 1. The lowest BCUT2D eigenvalue weighted by atomic mass is 9.71. The standard InChI is InChI=1S/C13H25NO3/c1-4-11-7-5-6-8-13(11,12(15)17-3)14-9-10-16-2/h11,14H,4-10H2,1-3H3. The molecule has 0 bridgehead atoms. The molecule has 0 aromatic carbocycles. The van der Waals surface area contributed by atoms with E-state index in [2.05, 4.69) is 12.2 Å². The zero-order valence-electron chi connectivity index (χ0n) is 11.3. The van der Waals surface area contributed by atoms with Crippen molar-refractivity contribution in [3.63, 3.8) is 0 Å². The van der Waals surface area contributed by atoms with Crippen LogP contribution in [0.4, 0.5) is 0 Å². The van der Waals surface area contributed by atoms with Crippen LogP contribution in [0.3, 0.4) is 0 Å². The van der Waals surface area contributed by atoms with Gasteiger partial charge in [0.2, 0.25) is 0 Å². The molecule has 100 valence electrons. The van der Waals surface area contributed by atoms with Crippen molar-refractivity contribution < 1.29 is 14.3 Å². The van der Waals surface area contributed by atoms with E-state index < -0.39 is 5.54 Å². The number of nitrogens with one attached hydrogen (secondary N) is 1. The number of carbonyl (C=O) groups is 1. The van der Waals surface area contributed by atoms with Gasteiger partial charge in [0.05, 0.1) is 13.7 Å². The molecule has 0 heterocycles. The van der Waals surface area contributed by atoms with E-state index in [9.17, 15) is 4.79 Å². The normalized spacial score (nSPS) is 29.0. The summed E-state index contributed by atoms with van der Waals surface area (Å²) in [6.07, 6.45) is 5.29. The van der Waals surface area contributed by atoms with Crippen molar-refractivity contribution in [2.45, 2.75) is 44.6 Å². The molecule has 1 aliphatic carbocycles. The number of methoxy groups -OCH3 is 2. The Morgan fingerprint density at radius 3 is 2.76 bits per heavy atom. The Balaban J connectivity index is 2.78. The van der Waals surface area contributed by atoms with Crippen molar-refractivity contribution in [1.29, 1.82) is 0 Å². The highest BCUT2D eigenvalue weighted by Crippen LogP contribution is 2.36. The smallest absolute Gasteiger partial charge is 0.326 e. The predicted octanol–water partition coefficient (Wildman–Crippen LogP) is 1.73. The van der Waals surface area contributed by atoms with E-state index in [4.69, 9.17) is 9.47 Å². The summed E-state index contributed by atoms with van der Waals surface area (Å²) >= 11 is 0. The van der Waals surface area contributed by atoms with E-state index in [1.165, 1.54) is 13.5 Å². The third-order valence-electron chi connectivity index (χ3n) is 3.86. The molecular weight excluding hydrogens is 218 g/mol. The second-order valence-corrected chi connectivity index (χ2v) is 4.73. The van der Waals surface area contributed by atoms with Crippen LogP contribution in [0.15, 0.2) is 0 Å². The van der Waals surface area contributed by atoms with Gasteiger partial charge in [0.15, 0.2) is 0 Å². The molecule has 0 saturated heterocycles. The largest absolute Gasteiger partial charge is 0.468 e. The Morgan fingerprint density at radius 1 is 1.41 bits per heavy atom. The summed E-state index contributed by atoms with van der Waals surface area (Å²) in [7, 11) is 3.15. The van der Waals surface area contributed by atoms with E-state index in [0.717, 1.165) is 25.7 Å². The van der Waals surface area contributed by atoms with Crippen LogP contribution in [0.2, 0.25) is 0 Å². The molecule has 1 saturated carbocycles. The molecule has 0 amide bonds. The Kier molecular flexibility index (Phi) is 5.92. The molecule has 17 heavy (non-hydrogen) atoms. The maximum absolute atomic E-state index is 12.1. The van der Waals surface area contributed by atoms with E-state index in [1.54, 1.807) is 7.11 Å². The van der Waals surface area contributed by atoms with E-state index >= 15 is 0 Å². The molecule has 1 aliphatic rings. The Morgan fingerprint density at radius 2 is 2.18 bits per heavy atom. The third-order valence-corrected chi connectivity index (χ3v) is 3.86. The van der Waals surface area contributed by atoms with Gasteiger partial charge in [0, 0.05) is 13.7 Å². The molecule has 0 aromatic rings. The molecule has 1 rings (SSSR count). The summed E-state index contributed by atoms with van der Waals surface area (Å²) < 4.78 is 10.1. The van der Waals surface area contributed by atoms with Crippen molar-refractivity contribution >= 4 is 5.97 Å². The maximum atomic E-state index is 12.1. The van der Waals surface area contributed by atoms with Gasteiger partial charge in [-0.1, -0.05) is 26.2 Å². The Bertz CT molecular complexity index is 245. The van der Waals surface area contributed by atoms with Crippen LogP contribution >= 0.6 is 0 Å². The molecule has 0 radical (unpaired) electrons. The van der Waals surface area contributed by atoms with E-state index in [1.807, 2.05) is 0 Å². The van der Waals surface area contributed by atoms with Gasteiger partial charge in [-0.2, -0.15) is 0 Å². The van der Waals surface area contributed by atoms with Crippen LogP contribution in [0, 0.1) is 5.92 Å². The second kappa shape index (κ2) is 6.97. The molecule has 2 unspecified atom stereocenters. The lowest BCUT2D eigenvalue weighted by Gasteiger charge is -2.42. The topological polar surface area (TPSA) is 47.6 Å². The summed E-state index contributed by atoms with van der Waals surface area (Å²) in [6.45, 7) is 3.46. The van der Waals surface area contributed by atoms with Crippen LogP contribution in [0.1, 0.15) is 39.0 Å². The average molecular weight is 243 g/mol. The average Bonchev–Trinajstić information content (AvgIpc) is 2.38. The van der Waals surface area contributed by atoms with E-state index in [-0.39, 0.29) is 5.97 Å². The minimum absolute atomic E-state index is 0.111. The molecule has 0 aromatic heterocycles. The summed E-state index contributed by atoms with van der Waals surface area (Å²) in [6, 6.07) is 0. The lowest BCUT2D eigenvalue weighted by molar-refractivity contribution is -0.153. The van der Waals surface area contributed by atoms with Gasteiger partial charge in [-0.3, -0.25) is 10.1 Å². The number of carbonyl (C=O) groups excluding carboxylic acids is 1. The summed E-state index contributed by atoms with van der Waals surface area (Å²) in [5.41, 5.74) is -0.486. The van der Waals surface area contributed by atoms with Crippen molar-refractivity contribution in [2.24, 2.45) is 5.92 Å². The van der Waals surface area contributed by atoms with Crippen LogP contribution in [-0.2, 0) is 14.3 Å². The highest BCUT2D eigenvalue weighted by Gasteiger charge is 2.46. The number of hydrogen-bond acceptors (Lipinski definition) is 4. The lowest BCUT2D eigenvalue weighted by Crippen LogP contribution is -2.59. The number of esters is 1. The fourth-order valence-corrected chi connectivity index (χ4v) is 2.93. The predicted molar refractivity (Wildman–Crippen MR) is 66.9 cm³/mol. The van der Waals surface area contributed by atoms with Gasteiger partial charge in [0.1, 0.15) is 5.54 Å². The molecule has 0 spiro atoms. The molecule has 4 heteroatoms. The van der Waals surface area contributed by atoms with Crippen LogP contribution in [0.5, 0.6) is 0 Å². The molecule has 2 atom stereocenters. The van der Waals surface area contributed by atoms with Gasteiger partial charge in [0.25, 0.3) is 0 Å². The van der Waals surface area contributed by atoms with E-state index in [0.29, 0.717) is 19.1 Å². The monoisotopic (exact) mass is 243 g/mol. The fraction of sp³-hybridized carbons (Fsp3) is 0.923. The third kappa shape index (κ3) is 3.19. The Hall–Kier alpha value is -0.610. The first-order valence-electron chi connectivity index (χ1n) is 6.53. The first kappa shape index (κ1) is 14.5. The molecule has 1 N–H and O–H groups in total. The zero-order chi connectivity index (χ0) is 12.7. The molecular formula is C13H25NO3. The van der Waals surface area contributed by atoms with Crippen molar-refractivity contribution in [1.82, 2.24) is 5.32 Å². The molecule has 1 fully saturated rings. The zero-order valence-corrected chi connectivity index (χ0v) is 11.3. The first-order chi connectivity index (χ1) is 8.21. The SMILES string of the molecule is CCC1CCCCC1(NCCOC)C(=O)OC. The Labute approximate surface area is 104 Å². The highest BCUT2D eigenvalue weighted by atomic mass is 16.5. The minimum atomic E-state index is -0.486. The molecule has 4 nitrogen and oxygen atoms in total. The second-order valence-electron chi connectivity index (χ2n) is 4.73. The van der Waals surface area contributed by atoms with Crippen molar-refractivity contribution in [3.8, 4) is 0 Å². The quantitative estimate of drug-likeness (QED) is 0.570. The summed E-state index contributed by atoms with van der Waals surface area (Å²) in [4.78, 5) is 12.1. The molecule has 0 aliphatic heterocycles.